The number of hydrogen-bond donors (Lipinski definition) is 0. The van der Waals surface area contributed by atoms with Crippen molar-refractivity contribution in [1.82, 2.24) is 23.9 Å². The Kier molecular flexibility index (Phi) is 4.85. The first-order chi connectivity index (χ1) is 15.2. The van der Waals surface area contributed by atoms with Crippen LogP contribution < -0.4 is 0 Å². The molecule has 1 aromatic carbocycles. The average Bonchev–Trinajstić information content (AvgIpc) is 3.53. The molecule has 0 unspecified atom stereocenters. The number of ether oxygens (including phenoxy) is 1. The fraction of sp³-hybridized carbons (Fsp3) is 0.318. The maximum absolute atomic E-state index is 12.7. The van der Waals surface area contributed by atoms with Crippen LogP contribution in [0.25, 0.3) is 16.8 Å². The lowest BCUT2D eigenvalue weighted by Crippen LogP contribution is -2.29. The number of rotatable bonds is 5. The molecule has 0 saturated carbocycles. The van der Waals surface area contributed by atoms with Crippen molar-refractivity contribution in [2.45, 2.75) is 25.9 Å². The molecule has 0 N–H and O–H groups in total. The predicted molar refractivity (Wildman–Crippen MR) is 114 cm³/mol. The molecular weight excluding hydrogens is 396 g/mol. The first-order valence-electron chi connectivity index (χ1n) is 10.3. The van der Waals surface area contributed by atoms with E-state index < -0.39 is 0 Å². The number of hydrogen-bond acceptors (Lipinski definition) is 6. The van der Waals surface area contributed by atoms with Gasteiger partial charge in [-0.1, -0.05) is 43.7 Å². The summed E-state index contributed by atoms with van der Waals surface area (Å²) in [5.74, 6) is 0.376. The fourth-order valence-electron chi connectivity index (χ4n) is 4.46. The van der Waals surface area contributed by atoms with E-state index >= 15 is 0 Å². The topological polar surface area (TPSA) is 94.1 Å². The van der Waals surface area contributed by atoms with Crippen molar-refractivity contribution in [1.29, 1.82) is 0 Å². The average molecular weight is 418 g/mol. The summed E-state index contributed by atoms with van der Waals surface area (Å²) < 4.78 is 8.77. The zero-order valence-electron chi connectivity index (χ0n) is 17.1. The van der Waals surface area contributed by atoms with E-state index in [1.165, 1.54) is 4.68 Å². The molecule has 4 heterocycles. The van der Waals surface area contributed by atoms with Crippen molar-refractivity contribution in [2.75, 3.05) is 13.1 Å². The number of imidazole rings is 1. The quantitative estimate of drug-likeness (QED) is 0.457. The molecule has 1 fully saturated rings. The number of likely N-dealkylation sites (tertiary alicyclic amines) is 1. The van der Waals surface area contributed by atoms with Crippen LogP contribution in [0.15, 0.2) is 60.3 Å². The molecule has 0 spiro atoms. The minimum Gasteiger partial charge on any atom is -0.445 e. The molecule has 158 valence electrons. The highest BCUT2D eigenvalue weighted by atomic mass is 16.6. The first kappa shape index (κ1) is 19.2. The lowest BCUT2D eigenvalue weighted by atomic mass is 9.91. The van der Waals surface area contributed by atoms with E-state index in [-0.39, 0.29) is 24.5 Å². The van der Waals surface area contributed by atoms with Crippen LogP contribution >= 0.6 is 0 Å². The molecule has 1 aliphatic heterocycles. The van der Waals surface area contributed by atoms with Crippen molar-refractivity contribution < 1.29 is 9.53 Å². The number of carbonyl (C=O) groups is 1. The Hall–Kier alpha value is -3.75. The monoisotopic (exact) mass is 418 g/mol. The Morgan fingerprint density at radius 3 is 2.77 bits per heavy atom. The summed E-state index contributed by atoms with van der Waals surface area (Å²) >= 11 is 0. The summed E-state index contributed by atoms with van der Waals surface area (Å²) in [6, 6.07) is 11.5. The third-order valence-corrected chi connectivity index (χ3v) is 6.08. The van der Waals surface area contributed by atoms with Gasteiger partial charge in [-0.15, -0.1) is 4.91 Å². The van der Waals surface area contributed by atoms with E-state index in [9.17, 15) is 9.70 Å². The van der Waals surface area contributed by atoms with Crippen LogP contribution in [0.2, 0.25) is 0 Å². The molecule has 5 rings (SSSR count). The number of nitroso groups, excluding NO2 is 1. The fourth-order valence-corrected chi connectivity index (χ4v) is 4.46. The maximum Gasteiger partial charge on any atom is 0.410 e. The van der Waals surface area contributed by atoms with Gasteiger partial charge < -0.3 is 9.64 Å². The molecule has 0 radical (unpaired) electrons. The van der Waals surface area contributed by atoms with E-state index in [0.29, 0.717) is 24.4 Å². The molecule has 0 bridgehead atoms. The summed E-state index contributed by atoms with van der Waals surface area (Å²) in [7, 11) is 0. The van der Waals surface area contributed by atoms with Gasteiger partial charge in [-0.3, -0.25) is 4.40 Å². The van der Waals surface area contributed by atoms with Crippen LogP contribution in [0.5, 0.6) is 0 Å². The standard InChI is InChI=1S/C22H22N6O3/c1-2-16-12-26(22(29)31-14-15-6-4-3-5-7-15)13-17(16)19-10-23-20-11-24-21-18(28(19)20)8-9-27(21)25-30/h3-11,16-17H,2,12-14H2,1H3/t16-,17+/m1/s1. The highest BCUT2D eigenvalue weighted by Crippen LogP contribution is 2.36. The van der Waals surface area contributed by atoms with E-state index in [1.54, 1.807) is 17.3 Å². The SMILES string of the molecule is CC[C@@H]1CN(C(=O)OCc2ccccc2)C[C@@H]1c1cnc2cnc3c(ccn3N=O)n12. The zero-order valence-corrected chi connectivity index (χ0v) is 17.1. The summed E-state index contributed by atoms with van der Waals surface area (Å²) in [6.45, 7) is 3.57. The van der Waals surface area contributed by atoms with Crippen molar-refractivity contribution >= 4 is 22.9 Å². The highest BCUT2D eigenvalue weighted by molar-refractivity contribution is 5.75. The van der Waals surface area contributed by atoms with Gasteiger partial charge in [-0.25, -0.2) is 14.8 Å². The molecule has 9 heteroatoms. The molecule has 1 saturated heterocycles. The van der Waals surface area contributed by atoms with Crippen LogP contribution in [0, 0.1) is 10.8 Å². The lowest BCUT2D eigenvalue weighted by molar-refractivity contribution is 0.103. The molecule has 2 atom stereocenters. The molecule has 4 aromatic rings. The second kappa shape index (κ2) is 7.82. The molecule has 31 heavy (non-hydrogen) atoms. The zero-order chi connectivity index (χ0) is 21.4. The van der Waals surface area contributed by atoms with Gasteiger partial charge in [0.25, 0.3) is 0 Å². The normalized spacial score (nSPS) is 18.7. The van der Waals surface area contributed by atoms with Crippen LogP contribution in [0.1, 0.15) is 30.5 Å². The number of fused-ring (bicyclic) bond motifs is 3. The van der Waals surface area contributed by atoms with Crippen molar-refractivity contribution in [3.8, 4) is 0 Å². The molecule has 9 nitrogen and oxygen atoms in total. The van der Waals surface area contributed by atoms with Gasteiger partial charge in [0.05, 0.1) is 17.0 Å². The Bertz CT molecular complexity index is 1250. The van der Waals surface area contributed by atoms with Crippen LogP contribution in [0.4, 0.5) is 4.79 Å². The van der Waals surface area contributed by atoms with Gasteiger partial charge in [0.15, 0.2) is 11.3 Å². The van der Waals surface area contributed by atoms with Gasteiger partial charge in [0, 0.05) is 37.1 Å². The summed E-state index contributed by atoms with van der Waals surface area (Å²) in [4.78, 5) is 34.4. The number of nitrogens with zero attached hydrogens (tertiary/aromatic N) is 6. The smallest absolute Gasteiger partial charge is 0.410 e. The number of benzene rings is 1. The Morgan fingerprint density at radius 2 is 2.00 bits per heavy atom. The molecule has 1 amide bonds. The van der Waals surface area contributed by atoms with Crippen LogP contribution in [-0.4, -0.2) is 43.1 Å². The Balaban J connectivity index is 1.42. The summed E-state index contributed by atoms with van der Waals surface area (Å²) in [6.07, 6.45) is 5.68. The summed E-state index contributed by atoms with van der Waals surface area (Å²) in [5.41, 5.74) is 3.91. The second-order valence-corrected chi connectivity index (χ2v) is 7.81. The van der Waals surface area contributed by atoms with Gasteiger partial charge in [-0.05, 0) is 17.5 Å². The van der Waals surface area contributed by atoms with Crippen LogP contribution in [0.3, 0.4) is 0 Å². The second-order valence-electron chi connectivity index (χ2n) is 7.81. The molecule has 1 aliphatic rings. The van der Waals surface area contributed by atoms with Gasteiger partial charge in [0.1, 0.15) is 6.61 Å². The van der Waals surface area contributed by atoms with E-state index in [0.717, 1.165) is 23.2 Å². The van der Waals surface area contributed by atoms with Crippen molar-refractivity contribution in [3.05, 3.63) is 71.2 Å². The molecule has 0 aliphatic carbocycles. The maximum atomic E-state index is 12.7. The first-order valence-corrected chi connectivity index (χ1v) is 10.3. The Morgan fingerprint density at radius 1 is 1.16 bits per heavy atom. The van der Waals surface area contributed by atoms with Gasteiger partial charge >= 0.3 is 6.09 Å². The molecule has 3 aromatic heterocycles. The third-order valence-electron chi connectivity index (χ3n) is 6.08. The lowest BCUT2D eigenvalue weighted by Gasteiger charge is -2.17. The minimum absolute atomic E-state index is 0.0995. The minimum atomic E-state index is -0.304. The van der Waals surface area contributed by atoms with Crippen molar-refractivity contribution in [3.63, 3.8) is 0 Å². The predicted octanol–water partition coefficient (Wildman–Crippen LogP) is 3.98. The summed E-state index contributed by atoms with van der Waals surface area (Å²) in [5, 5.41) is 2.99. The van der Waals surface area contributed by atoms with Gasteiger partial charge in [-0.2, -0.15) is 4.68 Å². The Labute approximate surface area is 178 Å². The van der Waals surface area contributed by atoms with E-state index in [1.807, 2.05) is 47.0 Å². The largest absolute Gasteiger partial charge is 0.445 e. The third kappa shape index (κ3) is 3.31. The number of carbonyl (C=O) groups excluding carboxylic acids is 1. The molecular formula is C22H22N6O3. The van der Waals surface area contributed by atoms with Gasteiger partial charge in [0.2, 0.25) is 0 Å². The van der Waals surface area contributed by atoms with Crippen molar-refractivity contribution in [2.24, 2.45) is 11.2 Å². The van der Waals surface area contributed by atoms with E-state index in [2.05, 4.69) is 22.2 Å². The highest BCUT2D eigenvalue weighted by Gasteiger charge is 2.37. The van der Waals surface area contributed by atoms with Crippen LogP contribution in [-0.2, 0) is 11.3 Å². The van der Waals surface area contributed by atoms with E-state index in [4.69, 9.17) is 4.74 Å². The number of aromatic nitrogens is 4. The number of amides is 1.